The van der Waals surface area contributed by atoms with Gasteiger partial charge in [-0.05, 0) is 0 Å². The van der Waals surface area contributed by atoms with E-state index >= 15 is 0 Å². The van der Waals surface area contributed by atoms with E-state index in [1.165, 1.54) is 0 Å². The minimum Gasteiger partial charge on any atom is -0.394 e. The van der Waals surface area contributed by atoms with Crippen molar-refractivity contribution in [3.05, 3.63) is 0 Å². The molecule has 0 heterocycles. The standard InChI is InChI=1S/C6H14O6.Na.H2O3S2/c7-1-3(9)5(11)6(12)4(10)2-8;;1-5(2,3)4/h3-12H,1-2H2;;(H2,1,2,3,4)/q;+1;. The first-order chi connectivity index (χ1) is 7.54. The van der Waals surface area contributed by atoms with Crippen LogP contribution >= 0.6 is 0 Å². The zero-order valence-electron chi connectivity index (χ0n) is 9.53. The molecule has 0 rings (SSSR count). The van der Waals surface area contributed by atoms with Crippen LogP contribution in [-0.2, 0) is 20.2 Å². The first-order valence-corrected chi connectivity index (χ1v) is 6.58. The Morgan fingerprint density at radius 2 is 1.06 bits per heavy atom. The summed E-state index contributed by atoms with van der Waals surface area (Å²) in [6, 6.07) is 0. The monoisotopic (exact) mass is 319 g/mol. The normalized spacial score (nSPS) is 17.6. The van der Waals surface area contributed by atoms with E-state index in [9.17, 15) is 0 Å². The predicted molar refractivity (Wildman–Crippen MR) is 59.0 cm³/mol. The van der Waals surface area contributed by atoms with Crippen molar-refractivity contribution in [2.45, 2.75) is 24.4 Å². The summed E-state index contributed by atoms with van der Waals surface area (Å²) in [6.45, 7) is -1.45. The third-order valence-corrected chi connectivity index (χ3v) is 1.51. The van der Waals surface area contributed by atoms with Crippen molar-refractivity contribution in [2.24, 2.45) is 0 Å². The van der Waals surface area contributed by atoms with E-state index in [0.717, 1.165) is 0 Å². The van der Waals surface area contributed by atoms with E-state index in [4.69, 9.17) is 44.0 Å². The molecular formula is C6H16NaO9S2+. The molecular weight excluding hydrogens is 303 g/mol. The van der Waals surface area contributed by atoms with Crippen LogP contribution in [0.15, 0.2) is 0 Å². The van der Waals surface area contributed by atoms with Crippen LogP contribution in [0.1, 0.15) is 0 Å². The summed E-state index contributed by atoms with van der Waals surface area (Å²) in [5.41, 5.74) is 0. The molecule has 0 aromatic heterocycles. The van der Waals surface area contributed by atoms with E-state index in [0.29, 0.717) is 0 Å². The van der Waals surface area contributed by atoms with Crippen LogP contribution in [-0.4, -0.2) is 81.6 Å². The Kier molecular flexibility index (Phi) is 15.9. The van der Waals surface area contributed by atoms with E-state index in [1.54, 1.807) is 0 Å². The molecule has 18 heavy (non-hydrogen) atoms. The van der Waals surface area contributed by atoms with E-state index < -0.39 is 46.7 Å². The van der Waals surface area contributed by atoms with Crippen molar-refractivity contribution in [3.63, 3.8) is 0 Å². The molecule has 0 radical (unpaired) electrons. The first kappa shape index (κ1) is 24.1. The number of rotatable bonds is 5. The van der Waals surface area contributed by atoms with Gasteiger partial charge in [-0.15, -0.1) is 0 Å². The maximum atomic E-state index is 9.11. The molecule has 0 saturated heterocycles. The molecule has 0 aromatic rings. The molecule has 0 spiro atoms. The molecule has 0 amide bonds. The van der Waals surface area contributed by atoms with Gasteiger partial charge in [0.15, 0.2) is 0 Å². The SMILES string of the molecule is O=S(O)(O)=S.OCC(O)C(O)C(O)C(O)CO.[Na+]. The van der Waals surface area contributed by atoms with Crippen molar-refractivity contribution in [1.29, 1.82) is 0 Å². The molecule has 4 atom stereocenters. The Bertz CT molecular complexity index is 263. The van der Waals surface area contributed by atoms with E-state index in [1.807, 2.05) is 0 Å². The van der Waals surface area contributed by atoms with Crippen LogP contribution in [0.4, 0.5) is 0 Å². The molecule has 0 aliphatic rings. The smallest absolute Gasteiger partial charge is 0.394 e. The molecule has 0 aromatic carbocycles. The summed E-state index contributed by atoms with van der Waals surface area (Å²) in [5, 5.41) is 52.2. The topological polar surface area (TPSA) is 179 Å². The van der Waals surface area contributed by atoms with Crippen LogP contribution < -0.4 is 29.6 Å². The minimum atomic E-state index is -3.83. The average molecular weight is 319 g/mol. The van der Waals surface area contributed by atoms with Crippen LogP contribution in [0, 0.1) is 0 Å². The fourth-order valence-electron chi connectivity index (χ4n) is 0.671. The van der Waals surface area contributed by atoms with Crippen LogP contribution in [0.5, 0.6) is 0 Å². The molecule has 9 nitrogen and oxygen atoms in total. The quantitative estimate of drug-likeness (QED) is 0.227. The number of aliphatic hydroxyl groups is 6. The molecule has 8 N–H and O–H groups in total. The molecule has 12 heteroatoms. The number of aliphatic hydroxyl groups excluding tert-OH is 6. The second-order valence-electron chi connectivity index (χ2n) is 2.93. The van der Waals surface area contributed by atoms with Gasteiger partial charge in [-0.1, -0.05) is 0 Å². The Balaban J connectivity index is -0.000000321. The van der Waals surface area contributed by atoms with Gasteiger partial charge < -0.3 is 30.6 Å². The zero-order valence-corrected chi connectivity index (χ0v) is 13.2. The molecule has 106 valence electrons. The average Bonchev–Trinajstić information content (AvgIpc) is 2.22. The van der Waals surface area contributed by atoms with E-state index in [2.05, 4.69) is 11.2 Å². The molecule has 4 unspecified atom stereocenters. The summed E-state index contributed by atoms with van der Waals surface area (Å²) in [7, 11) is -3.83. The third-order valence-electron chi connectivity index (χ3n) is 1.51. The van der Waals surface area contributed by atoms with Gasteiger partial charge in [-0.3, -0.25) is 9.11 Å². The molecule has 0 bridgehead atoms. The predicted octanol–water partition coefficient (Wildman–Crippen LogP) is -6.90. The number of hydrogen-bond donors (Lipinski definition) is 8. The minimum absolute atomic E-state index is 0. The van der Waals surface area contributed by atoms with Crippen molar-refractivity contribution in [2.75, 3.05) is 13.2 Å². The molecule has 0 saturated carbocycles. The summed E-state index contributed by atoms with van der Waals surface area (Å²) in [5.74, 6) is 0. The van der Waals surface area contributed by atoms with Gasteiger partial charge in [-0.2, -0.15) is 4.21 Å². The van der Waals surface area contributed by atoms with Crippen molar-refractivity contribution >= 4 is 20.2 Å². The van der Waals surface area contributed by atoms with Crippen LogP contribution in [0.3, 0.4) is 0 Å². The molecule has 0 aliphatic carbocycles. The van der Waals surface area contributed by atoms with Gasteiger partial charge in [0.05, 0.1) is 13.2 Å². The molecule has 0 aliphatic heterocycles. The Morgan fingerprint density at radius 3 is 1.17 bits per heavy atom. The summed E-state index contributed by atoms with van der Waals surface area (Å²) >= 11 is 3.47. The third kappa shape index (κ3) is 15.1. The second kappa shape index (κ2) is 11.8. The van der Waals surface area contributed by atoms with Gasteiger partial charge in [-0.25, -0.2) is 0 Å². The fraction of sp³-hybridized carbons (Fsp3) is 1.00. The van der Waals surface area contributed by atoms with Gasteiger partial charge in [0.25, 0.3) is 9.05 Å². The fourth-order valence-corrected chi connectivity index (χ4v) is 0.671. The van der Waals surface area contributed by atoms with Gasteiger partial charge in [0.1, 0.15) is 24.4 Å². The van der Waals surface area contributed by atoms with Crippen molar-refractivity contribution in [3.8, 4) is 0 Å². The van der Waals surface area contributed by atoms with Crippen molar-refractivity contribution in [1.82, 2.24) is 0 Å². The molecule has 0 fully saturated rings. The summed E-state index contributed by atoms with van der Waals surface area (Å²) in [4.78, 5) is 0. The van der Waals surface area contributed by atoms with Gasteiger partial charge in [0, 0.05) is 11.2 Å². The van der Waals surface area contributed by atoms with Crippen molar-refractivity contribution < 1.29 is 73.5 Å². The van der Waals surface area contributed by atoms with Gasteiger partial charge in [0.2, 0.25) is 0 Å². The van der Waals surface area contributed by atoms with Crippen LogP contribution in [0.2, 0.25) is 0 Å². The summed E-state index contributed by atoms with van der Waals surface area (Å²) < 4.78 is 24.0. The number of hydrogen-bond acceptors (Lipinski definition) is 8. The maximum absolute atomic E-state index is 9.11. The Hall–Kier alpha value is 1.05. The maximum Gasteiger partial charge on any atom is 1.00 e. The summed E-state index contributed by atoms with van der Waals surface area (Å²) in [6.07, 6.45) is -6.39. The Labute approximate surface area is 131 Å². The van der Waals surface area contributed by atoms with Crippen LogP contribution in [0.25, 0.3) is 0 Å². The second-order valence-corrected chi connectivity index (χ2v) is 5.13. The van der Waals surface area contributed by atoms with E-state index in [-0.39, 0.29) is 29.6 Å². The largest absolute Gasteiger partial charge is 1.00 e. The Morgan fingerprint density at radius 1 is 0.889 bits per heavy atom. The zero-order chi connectivity index (χ0) is 14.2. The van der Waals surface area contributed by atoms with Gasteiger partial charge >= 0.3 is 29.6 Å². The first-order valence-electron chi connectivity index (χ1n) is 4.18.